The van der Waals surface area contributed by atoms with E-state index in [1.807, 2.05) is 6.92 Å². The summed E-state index contributed by atoms with van der Waals surface area (Å²) in [6, 6.07) is 1.37. The number of ether oxygens (including phenoxy) is 2. The molecule has 2 aliphatic carbocycles. The Morgan fingerprint density at radius 3 is 2.75 bits per heavy atom. The molecule has 7 heteroatoms. The maximum absolute atomic E-state index is 12.3. The van der Waals surface area contributed by atoms with Crippen LogP contribution in [0.2, 0.25) is 0 Å². The number of aryl methyl sites for hydroxylation is 1. The third-order valence-electron chi connectivity index (χ3n) is 6.37. The molecule has 2 aromatic heterocycles. The summed E-state index contributed by atoms with van der Waals surface area (Å²) in [5.74, 6) is 2.29. The summed E-state index contributed by atoms with van der Waals surface area (Å²) in [6.07, 6.45) is 7.36. The molecule has 2 fully saturated rings. The third kappa shape index (κ3) is 3.85. The van der Waals surface area contributed by atoms with Crippen LogP contribution >= 0.6 is 0 Å². The lowest BCUT2D eigenvalue weighted by molar-refractivity contribution is 0.0117. The summed E-state index contributed by atoms with van der Waals surface area (Å²) in [4.78, 5) is 30.7. The molecule has 4 rings (SSSR count). The first kappa shape index (κ1) is 19.2. The second kappa shape index (κ2) is 8.07. The first-order valence-corrected chi connectivity index (χ1v) is 10.4. The Labute approximate surface area is 163 Å². The van der Waals surface area contributed by atoms with Crippen molar-refractivity contribution >= 4 is 11.1 Å². The summed E-state index contributed by atoms with van der Waals surface area (Å²) in [6.45, 7) is 4.85. The van der Waals surface area contributed by atoms with Gasteiger partial charge in [0.15, 0.2) is 0 Å². The zero-order valence-corrected chi connectivity index (χ0v) is 16.5. The highest BCUT2D eigenvalue weighted by atomic mass is 16.5. The highest BCUT2D eigenvalue weighted by Crippen LogP contribution is 2.45. The molecule has 0 aromatic carbocycles. The van der Waals surface area contributed by atoms with Gasteiger partial charge < -0.3 is 13.9 Å². The molecule has 7 nitrogen and oxygen atoms in total. The summed E-state index contributed by atoms with van der Waals surface area (Å²) in [5.41, 5.74) is -0.259. The molecular formula is C21H28N2O5. The largest absolute Gasteiger partial charge is 0.462 e. The maximum atomic E-state index is 12.3. The number of nitrogens with zero attached hydrogens (tertiary/aromatic N) is 1. The van der Waals surface area contributed by atoms with Crippen molar-refractivity contribution in [3.8, 4) is 6.01 Å². The number of H-pyrrole nitrogens is 1. The van der Waals surface area contributed by atoms with Gasteiger partial charge in [-0.25, -0.2) is 4.79 Å². The van der Waals surface area contributed by atoms with Gasteiger partial charge in [0, 0.05) is 6.07 Å². The number of rotatable bonds is 7. The molecule has 3 atom stereocenters. The number of fused-ring (bicyclic) bond motifs is 1. The van der Waals surface area contributed by atoms with Crippen molar-refractivity contribution in [2.45, 2.75) is 58.5 Å². The van der Waals surface area contributed by atoms with E-state index in [2.05, 4.69) is 16.9 Å². The predicted molar refractivity (Wildman–Crippen MR) is 105 cm³/mol. The van der Waals surface area contributed by atoms with Gasteiger partial charge in [-0.1, -0.05) is 33.1 Å². The molecule has 0 radical (unpaired) electrons. The molecule has 0 saturated heterocycles. The van der Waals surface area contributed by atoms with Crippen molar-refractivity contribution in [2.24, 2.45) is 17.8 Å². The van der Waals surface area contributed by atoms with Crippen LogP contribution in [0.1, 0.15) is 51.5 Å². The average molecular weight is 388 g/mol. The topological polar surface area (TPSA) is 94.4 Å². The predicted octanol–water partition coefficient (Wildman–Crippen LogP) is 3.05. The van der Waals surface area contributed by atoms with E-state index in [0.29, 0.717) is 29.9 Å². The quantitative estimate of drug-likeness (QED) is 0.733. The lowest BCUT2D eigenvalue weighted by Crippen LogP contribution is -2.22. The Kier molecular flexibility index (Phi) is 5.53. The van der Waals surface area contributed by atoms with E-state index in [1.54, 1.807) is 0 Å². The van der Waals surface area contributed by atoms with Crippen LogP contribution in [0.3, 0.4) is 0 Å². The molecule has 0 aliphatic heterocycles. The van der Waals surface area contributed by atoms with Gasteiger partial charge in [0.05, 0.1) is 12.7 Å². The lowest BCUT2D eigenvalue weighted by atomic mass is 9.75. The number of aromatic nitrogens is 2. The normalized spacial score (nSPS) is 25.1. The van der Waals surface area contributed by atoms with Gasteiger partial charge in [-0.15, -0.1) is 0 Å². The fourth-order valence-electron chi connectivity index (χ4n) is 4.60. The van der Waals surface area contributed by atoms with Gasteiger partial charge in [0.2, 0.25) is 5.71 Å². The number of nitrogens with one attached hydrogen (secondary N) is 1. The van der Waals surface area contributed by atoms with E-state index >= 15 is 0 Å². The summed E-state index contributed by atoms with van der Waals surface area (Å²) >= 11 is 0. The van der Waals surface area contributed by atoms with Crippen molar-refractivity contribution in [2.75, 3.05) is 13.2 Å². The molecule has 0 bridgehead atoms. The summed E-state index contributed by atoms with van der Waals surface area (Å²) < 4.78 is 16.7. The van der Waals surface area contributed by atoms with E-state index in [4.69, 9.17) is 13.9 Å². The van der Waals surface area contributed by atoms with Crippen LogP contribution in [0.15, 0.2) is 20.1 Å². The Morgan fingerprint density at radius 2 is 2.04 bits per heavy atom. The van der Waals surface area contributed by atoms with E-state index in [0.717, 1.165) is 18.3 Å². The zero-order chi connectivity index (χ0) is 19.7. The number of hydrogen-bond donors (Lipinski definition) is 1. The molecule has 2 aromatic rings. The highest BCUT2D eigenvalue weighted by Gasteiger charge is 2.38. The Balaban J connectivity index is 1.34. The average Bonchev–Trinajstić information content (AvgIpc) is 2.96. The van der Waals surface area contributed by atoms with Crippen LogP contribution in [0, 0.1) is 17.8 Å². The van der Waals surface area contributed by atoms with Gasteiger partial charge in [0.25, 0.3) is 11.6 Å². The maximum Gasteiger partial charge on any atom is 0.337 e. The van der Waals surface area contributed by atoms with E-state index in [1.165, 1.54) is 31.7 Å². The standard InChI is InChI=1S/C21H28N2O5/c1-3-13-11-17(24)28-20-18(13)19(25)22-21(23-20)27-8-7-26-16-10-15(9-12(16)2)14-5-4-6-14/h11-12,14-16H,3-10H2,1-2H3,(H,22,23,25)/t12-,15?,16?/m0/s1. The minimum Gasteiger partial charge on any atom is -0.462 e. The van der Waals surface area contributed by atoms with Crippen LogP contribution in [0.5, 0.6) is 6.01 Å². The SMILES string of the molecule is CCc1cc(=O)oc2nc(OCCOC3CC(C4CCC4)C[C@@H]3C)[nH]c(=O)c12. The first-order chi connectivity index (χ1) is 13.5. The van der Waals surface area contributed by atoms with Crippen LogP contribution in [0.4, 0.5) is 0 Å². The summed E-state index contributed by atoms with van der Waals surface area (Å²) in [5, 5.41) is 0.299. The Morgan fingerprint density at radius 1 is 1.21 bits per heavy atom. The van der Waals surface area contributed by atoms with Gasteiger partial charge >= 0.3 is 5.63 Å². The van der Waals surface area contributed by atoms with E-state index in [-0.39, 0.29) is 30.0 Å². The molecule has 2 heterocycles. The molecule has 2 unspecified atom stereocenters. The second-order valence-electron chi connectivity index (χ2n) is 8.15. The van der Waals surface area contributed by atoms with Crippen molar-refractivity contribution in [1.82, 2.24) is 9.97 Å². The van der Waals surface area contributed by atoms with E-state index < -0.39 is 5.63 Å². The zero-order valence-electron chi connectivity index (χ0n) is 16.5. The van der Waals surface area contributed by atoms with Crippen molar-refractivity contribution in [3.05, 3.63) is 32.4 Å². The molecule has 1 N–H and O–H groups in total. The molecule has 0 amide bonds. The van der Waals surface area contributed by atoms with Gasteiger partial charge in [-0.3, -0.25) is 9.78 Å². The van der Waals surface area contributed by atoms with Gasteiger partial charge in [-0.05, 0) is 42.6 Å². The monoisotopic (exact) mass is 388 g/mol. The van der Waals surface area contributed by atoms with Crippen molar-refractivity contribution in [3.63, 3.8) is 0 Å². The minimum atomic E-state index is -0.520. The van der Waals surface area contributed by atoms with Gasteiger partial charge in [0.1, 0.15) is 12.0 Å². The first-order valence-electron chi connectivity index (χ1n) is 10.4. The number of aromatic amines is 1. The van der Waals surface area contributed by atoms with Crippen LogP contribution < -0.4 is 15.9 Å². The minimum absolute atomic E-state index is 0.0109. The second-order valence-corrected chi connectivity index (χ2v) is 8.15. The third-order valence-corrected chi connectivity index (χ3v) is 6.37. The van der Waals surface area contributed by atoms with Crippen molar-refractivity contribution in [1.29, 1.82) is 0 Å². The fourth-order valence-corrected chi connectivity index (χ4v) is 4.60. The van der Waals surface area contributed by atoms with Crippen LogP contribution in [0.25, 0.3) is 11.1 Å². The Hall–Kier alpha value is -2.15. The summed E-state index contributed by atoms with van der Waals surface area (Å²) in [7, 11) is 0. The molecule has 28 heavy (non-hydrogen) atoms. The highest BCUT2D eigenvalue weighted by molar-refractivity contribution is 5.75. The molecule has 0 spiro atoms. The molecule has 2 aliphatic rings. The lowest BCUT2D eigenvalue weighted by Gasteiger charge is -2.31. The van der Waals surface area contributed by atoms with Crippen LogP contribution in [-0.4, -0.2) is 29.3 Å². The molecule has 152 valence electrons. The molecule has 2 saturated carbocycles. The number of hydrogen-bond acceptors (Lipinski definition) is 6. The Bertz CT molecular complexity index is 946. The molecular weight excluding hydrogens is 360 g/mol. The van der Waals surface area contributed by atoms with Gasteiger partial charge in [-0.2, -0.15) is 4.98 Å². The smallest absolute Gasteiger partial charge is 0.337 e. The fraction of sp³-hybridized carbons (Fsp3) is 0.667. The van der Waals surface area contributed by atoms with E-state index in [9.17, 15) is 9.59 Å². The van der Waals surface area contributed by atoms with Crippen LogP contribution in [-0.2, 0) is 11.2 Å². The van der Waals surface area contributed by atoms with Crippen molar-refractivity contribution < 1.29 is 13.9 Å².